The first-order chi connectivity index (χ1) is 11.1. The molecule has 0 aromatic heterocycles. The van der Waals surface area contributed by atoms with Crippen molar-refractivity contribution in [3.05, 3.63) is 35.4 Å². The number of hydrogen-bond donors (Lipinski definition) is 2. The number of carbonyl (C=O) groups excluding carboxylic acids is 1. The largest absolute Gasteiger partial charge is 0.393 e. The smallest absolute Gasteiger partial charge is 0.234 e. The summed E-state index contributed by atoms with van der Waals surface area (Å²) >= 11 is 0. The molecular weight excluding hydrogens is 292 g/mol. The van der Waals surface area contributed by atoms with E-state index in [9.17, 15) is 9.90 Å². The van der Waals surface area contributed by atoms with Crippen molar-refractivity contribution < 1.29 is 14.6 Å². The van der Waals surface area contributed by atoms with Gasteiger partial charge in [-0.25, -0.2) is 0 Å². The molecule has 1 aliphatic heterocycles. The summed E-state index contributed by atoms with van der Waals surface area (Å²) in [5.41, 5.74) is 2.18. The fourth-order valence-electron chi connectivity index (χ4n) is 3.08. The summed E-state index contributed by atoms with van der Waals surface area (Å²) in [4.78, 5) is 14.3. The van der Waals surface area contributed by atoms with Crippen LogP contribution >= 0.6 is 0 Å². The molecule has 1 fully saturated rings. The predicted molar refractivity (Wildman–Crippen MR) is 89.8 cm³/mol. The van der Waals surface area contributed by atoms with Crippen LogP contribution in [0.25, 0.3) is 0 Å². The van der Waals surface area contributed by atoms with Crippen LogP contribution in [-0.4, -0.2) is 48.8 Å². The molecule has 1 amide bonds. The molecule has 1 heterocycles. The summed E-state index contributed by atoms with van der Waals surface area (Å²) in [5.74, 6) is 0.315. The van der Waals surface area contributed by atoms with Gasteiger partial charge in [-0.05, 0) is 43.4 Å². The average molecular weight is 320 g/mol. The van der Waals surface area contributed by atoms with Crippen LogP contribution in [0.3, 0.4) is 0 Å². The van der Waals surface area contributed by atoms with E-state index in [-0.39, 0.29) is 17.9 Å². The Morgan fingerprint density at radius 1 is 1.48 bits per heavy atom. The molecule has 5 nitrogen and oxygen atoms in total. The van der Waals surface area contributed by atoms with Crippen LogP contribution in [0.1, 0.15) is 30.9 Å². The van der Waals surface area contributed by atoms with Crippen LogP contribution in [0.4, 0.5) is 0 Å². The zero-order chi connectivity index (χ0) is 16.7. The van der Waals surface area contributed by atoms with E-state index >= 15 is 0 Å². The number of likely N-dealkylation sites (tertiary alicyclic amines) is 1. The van der Waals surface area contributed by atoms with Gasteiger partial charge in [-0.1, -0.05) is 24.3 Å². The van der Waals surface area contributed by atoms with Gasteiger partial charge in [0, 0.05) is 20.2 Å². The normalized spacial score (nSPS) is 20.2. The lowest BCUT2D eigenvalue weighted by molar-refractivity contribution is -0.123. The van der Waals surface area contributed by atoms with Crippen LogP contribution < -0.4 is 5.32 Å². The van der Waals surface area contributed by atoms with Crippen LogP contribution in [-0.2, 0) is 22.7 Å². The fraction of sp³-hybridized carbons (Fsp3) is 0.611. The molecule has 0 spiro atoms. The minimum atomic E-state index is -0.301. The number of methoxy groups -OCH3 is 1. The number of nitrogens with one attached hydrogen (secondary N) is 1. The third-order valence-electron chi connectivity index (χ3n) is 4.38. The fourth-order valence-corrected chi connectivity index (χ4v) is 3.08. The Morgan fingerprint density at radius 2 is 2.26 bits per heavy atom. The van der Waals surface area contributed by atoms with Crippen molar-refractivity contribution in [2.24, 2.45) is 5.92 Å². The molecule has 0 aliphatic carbocycles. The van der Waals surface area contributed by atoms with Crippen LogP contribution in [0.5, 0.6) is 0 Å². The van der Waals surface area contributed by atoms with Gasteiger partial charge in [-0.3, -0.25) is 9.69 Å². The first-order valence-corrected chi connectivity index (χ1v) is 8.32. The summed E-state index contributed by atoms with van der Waals surface area (Å²) in [6, 6.07) is 8.05. The average Bonchev–Trinajstić information content (AvgIpc) is 2.54. The van der Waals surface area contributed by atoms with Gasteiger partial charge < -0.3 is 15.2 Å². The van der Waals surface area contributed by atoms with E-state index < -0.39 is 0 Å². The molecule has 1 saturated heterocycles. The van der Waals surface area contributed by atoms with Gasteiger partial charge in [-0.2, -0.15) is 0 Å². The van der Waals surface area contributed by atoms with E-state index in [2.05, 4.69) is 10.2 Å². The molecule has 1 aromatic rings. The van der Waals surface area contributed by atoms with Gasteiger partial charge in [0.05, 0.1) is 19.3 Å². The van der Waals surface area contributed by atoms with Gasteiger partial charge in [0.2, 0.25) is 5.91 Å². The minimum Gasteiger partial charge on any atom is -0.393 e. The number of rotatable bonds is 7. The summed E-state index contributed by atoms with van der Waals surface area (Å²) < 4.78 is 5.12. The zero-order valence-electron chi connectivity index (χ0n) is 14.1. The summed E-state index contributed by atoms with van der Waals surface area (Å²) in [6.07, 6.45) is 1.79. The van der Waals surface area contributed by atoms with Crippen molar-refractivity contribution in [1.29, 1.82) is 0 Å². The standard InChI is InChI=1S/C18H28N2O3/c1-14(21)17-7-4-8-20(11-17)12-18(22)19-10-15-5-3-6-16(9-15)13-23-2/h3,5-6,9,14,17,21H,4,7-8,10-13H2,1-2H3,(H,19,22). The Labute approximate surface area is 138 Å². The molecule has 2 unspecified atom stereocenters. The van der Waals surface area contributed by atoms with E-state index in [1.165, 1.54) is 0 Å². The van der Waals surface area contributed by atoms with Gasteiger partial charge in [0.1, 0.15) is 0 Å². The first kappa shape index (κ1) is 17.9. The summed E-state index contributed by atoms with van der Waals surface area (Å²) in [6.45, 7) is 5.08. The maximum atomic E-state index is 12.1. The number of piperidine rings is 1. The van der Waals surface area contributed by atoms with Crippen molar-refractivity contribution in [2.45, 2.75) is 39.0 Å². The highest BCUT2D eigenvalue weighted by Crippen LogP contribution is 2.19. The third kappa shape index (κ3) is 5.94. The highest BCUT2D eigenvalue weighted by Gasteiger charge is 2.24. The van der Waals surface area contributed by atoms with Crippen molar-refractivity contribution in [3.8, 4) is 0 Å². The number of amides is 1. The second-order valence-electron chi connectivity index (χ2n) is 6.41. The second kappa shape index (κ2) is 9.01. The molecule has 0 radical (unpaired) electrons. The zero-order valence-corrected chi connectivity index (χ0v) is 14.1. The van der Waals surface area contributed by atoms with E-state index in [0.29, 0.717) is 19.7 Å². The lowest BCUT2D eigenvalue weighted by Crippen LogP contribution is -2.44. The summed E-state index contributed by atoms with van der Waals surface area (Å²) in [7, 11) is 1.67. The highest BCUT2D eigenvalue weighted by molar-refractivity contribution is 5.78. The number of aliphatic hydroxyl groups excluding tert-OH is 1. The molecular formula is C18H28N2O3. The van der Waals surface area contributed by atoms with E-state index in [1.54, 1.807) is 7.11 Å². The van der Waals surface area contributed by atoms with Crippen LogP contribution in [0.2, 0.25) is 0 Å². The van der Waals surface area contributed by atoms with Crippen molar-refractivity contribution >= 4 is 5.91 Å². The van der Waals surface area contributed by atoms with Gasteiger partial charge >= 0.3 is 0 Å². The van der Waals surface area contributed by atoms with Crippen LogP contribution in [0.15, 0.2) is 24.3 Å². The Bertz CT molecular complexity index is 505. The quantitative estimate of drug-likeness (QED) is 0.800. The monoisotopic (exact) mass is 320 g/mol. The summed E-state index contributed by atoms with van der Waals surface area (Å²) in [5, 5.41) is 12.7. The van der Waals surface area contributed by atoms with Gasteiger partial charge in [0.25, 0.3) is 0 Å². The first-order valence-electron chi connectivity index (χ1n) is 8.32. The van der Waals surface area contributed by atoms with Crippen molar-refractivity contribution in [1.82, 2.24) is 10.2 Å². The number of nitrogens with zero attached hydrogens (tertiary/aromatic N) is 1. The molecule has 128 valence electrons. The number of ether oxygens (including phenoxy) is 1. The van der Waals surface area contributed by atoms with E-state index in [0.717, 1.165) is 37.1 Å². The molecule has 1 aliphatic rings. The number of benzene rings is 1. The minimum absolute atomic E-state index is 0.0355. The Balaban J connectivity index is 1.77. The SMILES string of the molecule is COCc1cccc(CNC(=O)CN2CCCC(C(C)O)C2)c1. The molecule has 0 saturated carbocycles. The number of carbonyl (C=O) groups is 1. The maximum absolute atomic E-state index is 12.1. The van der Waals surface area contributed by atoms with Crippen molar-refractivity contribution in [2.75, 3.05) is 26.7 Å². The van der Waals surface area contributed by atoms with Crippen LogP contribution in [0, 0.1) is 5.92 Å². The highest BCUT2D eigenvalue weighted by atomic mass is 16.5. The van der Waals surface area contributed by atoms with Gasteiger partial charge in [-0.15, -0.1) is 0 Å². The number of aliphatic hydroxyl groups is 1. The molecule has 5 heteroatoms. The molecule has 2 atom stereocenters. The van der Waals surface area contributed by atoms with Gasteiger partial charge in [0.15, 0.2) is 0 Å². The predicted octanol–water partition coefficient (Wildman–Crippen LogP) is 1.54. The second-order valence-corrected chi connectivity index (χ2v) is 6.41. The van der Waals surface area contributed by atoms with E-state index in [1.807, 2.05) is 31.2 Å². The Kier molecular flexibility index (Phi) is 7.02. The maximum Gasteiger partial charge on any atom is 0.234 e. The topological polar surface area (TPSA) is 61.8 Å². The van der Waals surface area contributed by atoms with E-state index in [4.69, 9.17) is 4.74 Å². The lowest BCUT2D eigenvalue weighted by atomic mass is 9.93. The Morgan fingerprint density at radius 3 is 3.00 bits per heavy atom. The number of hydrogen-bond acceptors (Lipinski definition) is 4. The third-order valence-corrected chi connectivity index (χ3v) is 4.38. The Hall–Kier alpha value is -1.43. The molecule has 2 rings (SSSR count). The lowest BCUT2D eigenvalue weighted by Gasteiger charge is -2.33. The molecule has 2 N–H and O–H groups in total. The molecule has 0 bridgehead atoms. The molecule has 1 aromatic carbocycles. The van der Waals surface area contributed by atoms with Crippen molar-refractivity contribution in [3.63, 3.8) is 0 Å². The molecule has 23 heavy (non-hydrogen) atoms.